The Kier molecular flexibility index (Phi) is 2.19. The van der Waals surface area contributed by atoms with Crippen LogP contribution in [0.25, 0.3) is 11.1 Å². The van der Waals surface area contributed by atoms with Crippen LogP contribution in [0.4, 0.5) is 0 Å². The van der Waals surface area contributed by atoms with Crippen molar-refractivity contribution in [3.05, 3.63) is 47.0 Å². The zero-order chi connectivity index (χ0) is 11.0. The molecule has 0 aromatic rings. The minimum atomic E-state index is -0.854. The molecule has 0 heterocycles. The Morgan fingerprint density at radius 2 is 1.73 bits per heavy atom. The van der Waals surface area contributed by atoms with Crippen LogP contribution in [0.2, 0.25) is 0 Å². The van der Waals surface area contributed by atoms with Crippen molar-refractivity contribution in [2.24, 2.45) is 0 Å². The molecule has 2 aliphatic rings. The highest BCUT2D eigenvalue weighted by molar-refractivity contribution is 6.00. The lowest BCUT2D eigenvalue weighted by Gasteiger charge is -1.98. The topological polar surface area (TPSA) is 37.3 Å². The smallest absolute Gasteiger partial charge is 0.336 e. The fourth-order valence-electron chi connectivity index (χ4n) is 1.94. The van der Waals surface area contributed by atoms with Crippen molar-refractivity contribution < 1.29 is 9.90 Å². The molecule has 0 saturated heterocycles. The molecule has 0 saturated carbocycles. The van der Waals surface area contributed by atoms with Crippen molar-refractivity contribution in [1.29, 1.82) is 0 Å². The van der Waals surface area contributed by atoms with Gasteiger partial charge in [0.1, 0.15) is 0 Å². The molecular weight excluding hydrogens is 188 g/mol. The van der Waals surface area contributed by atoms with Crippen LogP contribution < -0.4 is 0 Å². The van der Waals surface area contributed by atoms with E-state index in [0.717, 1.165) is 22.3 Å². The average Bonchev–Trinajstić information content (AvgIpc) is 2.40. The second-order valence-corrected chi connectivity index (χ2v) is 3.74. The molecule has 0 aromatic heterocycles. The number of fused-ring (bicyclic) bond motifs is 1. The zero-order valence-corrected chi connectivity index (χ0v) is 8.74. The Morgan fingerprint density at radius 1 is 1.07 bits per heavy atom. The summed E-state index contributed by atoms with van der Waals surface area (Å²) in [6.45, 7) is 3.83. The summed E-state index contributed by atoms with van der Waals surface area (Å²) in [5, 5.41) is 9.13. The van der Waals surface area contributed by atoms with Crippen LogP contribution in [0, 0.1) is 13.8 Å². The molecule has 0 aromatic carbocycles. The van der Waals surface area contributed by atoms with Gasteiger partial charge >= 0.3 is 5.97 Å². The Balaban J connectivity index is 2.82. The van der Waals surface area contributed by atoms with Crippen molar-refractivity contribution >= 4 is 5.97 Å². The Hall–Kier alpha value is -1.83. The lowest BCUT2D eigenvalue weighted by Crippen LogP contribution is -1.97. The molecule has 2 rings (SSSR count). The van der Waals surface area contributed by atoms with E-state index in [2.05, 4.69) is 0 Å². The van der Waals surface area contributed by atoms with Crippen molar-refractivity contribution in [2.75, 3.05) is 0 Å². The molecule has 0 fully saturated rings. The van der Waals surface area contributed by atoms with Crippen molar-refractivity contribution in [2.45, 2.75) is 13.8 Å². The van der Waals surface area contributed by atoms with E-state index in [1.54, 1.807) is 0 Å². The number of aromatic carboxylic acids is 1. The predicted octanol–water partition coefficient (Wildman–Crippen LogP) is 3.11. The molecule has 0 atom stereocenters. The number of carbonyl (C=O) groups is 1. The van der Waals surface area contributed by atoms with E-state index in [0.29, 0.717) is 5.56 Å². The first-order chi connectivity index (χ1) is 7.11. The second kappa shape index (κ2) is 3.39. The van der Waals surface area contributed by atoms with Gasteiger partial charge in [-0.3, -0.25) is 0 Å². The first-order valence-corrected chi connectivity index (χ1v) is 4.83. The maximum atomic E-state index is 11.1. The van der Waals surface area contributed by atoms with Gasteiger partial charge in [0.15, 0.2) is 0 Å². The summed E-state index contributed by atoms with van der Waals surface area (Å²) in [6, 6.07) is 9.60. The van der Waals surface area contributed by atoms with Crippen molar-refractivity contribution in [1.82, 2.24) is 0 Å². The van der Waals surface area contributed by atoms with Crippen molar-refractivity contribution in [3.8, 4) is 11.1 Å². The summed E-state index contributed by atoms with van der Waals surface area (Å²) in [5.41, 5.74) is 4.19. The van der Waals surface area contributed by atoms with Crippen molar-refractivity contribution in [3.63, 3.8) is 0 Å². The highest BCUT2D eigenvalue weighted by Crippen LogP contribution is 2.32. The summed E-state index contributed by atoms with van der Waals surface area (Å²) in [7, 11) is 0. The quantitative estimate of drug-likeness (QED) is 0.768. The minimum Gasteiger partial charge on any atom is -0.478 e. The molecule has 0 amide bonds. The summed E-state index contributed by atoms with van der Waals surface area (Å²) in [4.78, 5) is 11.1. The predicted molar refractivity (Wildman–Crippen MR) is 59.5 cm³/mol. The molecule has 0 bridgehead atoms. The van der Waals surface area contributed by atoms with Gasteiger partial charge in [0.25, 0.3) is 0 Å². The van der Waals surface area contributed by atoms with E-state index in [1.165, 1.54) is 0 Å². The van der Waals surface area contributed by atoms with Gasteiger partial charge in [0, 0.05) is 0 Å². The number of carboxylic acids is 1. The number of hydrogen-bond acceptors (Lipinski definition) is 1. The van der Waals surface area contributed by atoms with Crippen LogP contribution in [0.1, 0.15) is 21.5 Å². The summed E-state index contributed by atoms with van der Waals surface area (Å²) < 4.78 is 0. The molecular formula is C13H12O2. The summed E-state index contributed by atoms with van der Waals surface area (Å²) in [5.74, 6) is -0.854. The Labute approximate surface area is 88.5 Å². The summed E-state index contributed by atoms with van der Waals surface area (Å²) >= 11 is 0. The number of carboxylic acid groups (broad SMARTS) is 1. The van der Waals surface area contributed by atoms with E-state index in [-0.39, 0.29) is 0 Å². The van der Waals surface area contributed by atoms with Crippen LogP contribution in [0.5, 0.6) is 0 Å². The van der Waals surface area contributed by atoms with Gasteiger partial charge in [-0.15, -0.1) is 0 Å². The third-order valence-electron chi connectivity index (χ3n) is 2.67. The normalized spacial score (nSPS) is 10.5. The van der Waals surface area contributed by atoms with E-state index >= 15 is 0 Å². The van der Waals surface area contributed by atoms with Gasteiger partial charge in [0.2, 0.25) is 0 Å². The van der Waals surface area contributed by atoms with E-state index in [4.69, 9.17) is 5.11 Å². The Morgan fingerprint density at radius 3 is 2.40 bits per heavy atom. The molecule has 2 nitrogen and oxygen atoms in total. The second-order valence-electron chi connectivity index (χ2n) is 3.74. The molecule has 1 N–H and O–H groups in total. The zero-order valence-electron chi connectivity index (χ0n) is 8.74. The first kappa shape index (κ1) is 9.71. The molecule has 0 unspecified atom stereocenters. The van der Waals surface area contributed by atoms with Gasteiger partial charge < -0.3 is 5.11 Å². The van der Waals surface area contributed by atoms with Gasteiger partial charge in [-0.25, -0.2) is 4.79 Å². The van der Waals surface area contributed by atoms with E-state index < -0.39 is 5.97 Å². The highest BCUT2D eigenvalue weighted by Gasteiger charge is 2.18. The maximum absolute atomic E-state index is 11.1. The van der Waals surface area contributed by atoms with Gasteiger partial charge in [0.05, 0.1) is 5.56 Å². The average molecular weight is 200 g/mol. The Bertz CT molecular complexity index is 500. The van der Waals surface area contributed by atoms with Crippen LogP contribution in [0.15, 0.2) is 30.3 Å². The van der Waals surface area contributed by atoms with E-state index in [9.17, 15) is 4.79 Å². The SMILES string of the molecule is Cc1ccccc2c(C(=O)O)c(C)cc1-2. The molecule has 2 heteroatoms. The third kappa shape index (κ3) is 1.48. The lowest BCUT2D eigenvalue weighted by molar-refractivity contribution is 0.0697. The van der Waals surface area contributed by atoms with Crippen LogP contribution in [-0.2, 0) is 0 Å². The molecule has 15 heavy (non-hydrogen) atoms. The first-order valence-electron chi connectivity index (χ1n) is 4.83. The monoisotopic (exact) mass is 200 g/mol. The molecule has 0 aliphatic heterocycles. The molecule has 0 spiro atoms. The van der Waals surface area contributed by atoms with Gasteiger partial charge in [-0.1, -0.05) is 30.3 Å². The largest absolute Gasteiger partial charge is 0.478 e. The minimum absolute atomic E-state index is 0.421. The molecule has 2 aliphatic carbocycles. The van der Waals surface area contributed by atoms with Crippen LogP contribution >= 0.6 is 0 Å². The van der Waals surface area contributed by atoms with Crippen LogP contribution in [0.3, 0.4) is 0 Å². The number of hydrogen-bond donors (Lipinski definition) is 1. The number of aryl methyl sites for hydroxylation is 2. The molecule has 76 valence electrons. The van der Waals surface area contributed by atoms with E-state index in [1.807, 2.05) is 44.2 Å². The standard InChI is InChI=1S/C13H12O2/c1-8-5-3-4-6-10-11(8)7-9(2)12(10)13(14)15/h3-7H,1-2H3,(H,14,15). The summed E-state index contributed by atoms with van der Waals surface area (Å²) in [6.07, 6.45) is 0. The fourth-order valence-corrected chi connectivity index (χ4v) is 1.94. The molecule has 0 radical (unpaired) electrons. The van der Waals surface area contributed by atoms with Gasteiger partial charge in [-0.2, -0.15) is 0 Å². The highest BCUT2D eigenvalue weighted by atomic mass is 16.4. The third-order valence-corrected chi connectivity index (χ3v) is 2.67. The fraction of sp³-hybridized carbons (Fsp3) is 0.154. The lowest BCUT2D eigenvalue weighted by atomic mass is 10.1. The van der Waals surface area contributed by atoms with Crippen LogP contribution in [-0.4, -0.2) is 11.1 Å². The maximum Gasteiger partial charge on any atom is 0.336 e. The van der Waals surface area contributed by atoms with Gasteiger partial charge in [-0.05, 0) is 36.1 Å². The number of rotatable bonds is 1.